The number of hydrogen-bond acceptors (Lipinski definition) is 4. The smallest absolute Gasteiger partial charge is 0.175 e. The zero-order valence-electron chi connectivity index (χ0n) is 18.3. The predicted molar refractivity (Wildman–Crippen MR) is 125 cm³/mol. The van der Waals surface area contributed by atoms with E-state index < -0.39 is 0 Å². The maximum atomic E-state index is 6.14. The number of nitrogens with one attached hydrogen (secondary N) is 1. The maximum Gasteiger partial charge on any atom is 0.175 e. The van der Waals surface area contributed by atoms with Crippen molar-refractivity contribution in [2.45, 2.75) is 47.3 Å². The van der Waals surface area contributed by atoms with Crippen LogP contribution < -0.4 is 14.8 Å². The molecule has 0 aliphatic heterocycles. The van der Waals surface area contributed by atoms with Crippen LogP contribution in [0.5, 0.6) is 11.5 Å². The van der Waals surface area contributed by atoms with Crippen molar-refractivity contribution < 1.29 is 9.47 Å². The maximum absolute atomic E-state index is 6.14. The highest BCUT2D eigenvalue weighted by molar-refractivity contribution is 9.10. The molecule has 0 aliphatic carbocycles. The van der Waals surface area contributed by atoms with Gasteiger partial charge in [0.25, 0.3) is 0 Å². The van der Waals surface area contributed by atoms with Gasteiger partial charge in [0.05, 0.1) is 11.1 Å². The largest absolute Gasteiger partial charge is 0.490 e. The normalized spacial score (nSPS) is 11.1. The van der Waals surface area contributed by atoms with Gasteiger partial charge in [-0.15, -0.1) is 0 Å². The molecule has 2 aromatic rings. The van der Waals surface area contributed by atoms with Gasteiger partial charge in [-0.05, 0) is 91.2 Å². The van der Waals surface area contributed by atoms with Gasteiger partial charge < -0.3 is 19.7 Å². The SMILES string of the molecule is CCOc1cc(CNCCCN(CC)CC)cc(Br)c1OCc1ccccc1C. The van der Waals surface area contributed by atoms with Gasteiger partial charge in [-0.1, -0.05) is 38.1 Å². The van der Waals surface area contributed by atoms with E-state index >= 15 is 0 Å². The average Bonchev–Trinajstić information content (AvgIpc) is 2.71. The van der Waals surface area contributed by atoms with E-state index in [1.807, 2.05) is 19.1 Å². The summed E-state index contributed by atoms with van der Waals surface area (Å²) in [5, 5.41) is 3.54. The zero-order valence-corrected chi connectivity index (χ0v) is 19.8. The molecule has 0 aliphatic rings. The number of ether oxygens (including phenoxy) is 2. The molecular weight excluding hydrogens is 428 g/mol. The lowest BCUT2D eigenvalue weighted by molar-refractivity contribution is 0.267. The first-order valence-corrected chi connectivity index (χ1v) is 11.4. The van der Waals surface area contributed by atoms with Crippen molar-refractivity contribution in [3.05, 3.63) is 57.6 Å². The highest BCUT2D eigenvalue weighted by Crippen LogP contribution is 2.37. The summed E-state index contributed by atoms with van der Waals surface area (Å²) in [6.45, 7) is 14.8. The minimum Gasteiger partial charge on any atom is -0.490 e. The van der Waals surface area contributed by atoms with E-state index in [1.54, 1.807) is 0 Å². The van der Waals surface area contributed by atoms with E-state index in [9.17, 15) is 0 Å². The second kappa shape index (κ2) is 12.9. The van der Waals surface area contributed by atoms with Crippen LogP contribution in [0.25, 0.3) is 0 Å². The summed E-state index contributed by atoms with van der Waals surface area (Å²) in [6, 6.07) is 12.5. The first-order valence-electron chi connectivity index (χ1n) is 10.6. The molecule has 2 aromatic carbocycles. The van der Waals surface area contributed by atoms with Crippen LogP contribution in [0.2, 0.25) is 0 Å². The highest BCUT2D eigenvalue weighted by Gasteiger charge is 2.13. The topological polar surface area (TPSA) is 33.7 Å². The Bertz CT molecular complexity index is 748. The summed E-state index contributed by atoms with van der Waals surface area (Å²) in [4.78, 5) is 2.45. The van der Waals surface area contributed by atoms with E-state index in [4.69, 9.17) is 9.47 Å². The average molecular weight is 463 g/mol. The molecule has 0 amide bonds. The Balaban J connectivity index is 1.97. The standard InChI is InChI=1S/C24H35BrN2O2/c1-5-27(6-2)14-10-13-26-17-20-15-22(25)24(23(16-20)28-7-3)29-18-21-12-9-8-11-19(21)4/h8-9,11-12,15-16,26H,5-7,10,13-14,17-18H2,1-4H3. The Morgan fingerprint density at radius 2 is 1.79 bits per heavy atom. The number of hydrogen-bond donors (Lipinski definition) is 1. The van der Waals surface area contributed by atoms with Crippen molar-refractivity contribution in [1.82, 2.24) is 10.2 Å². The lowest BCUT2D eigenvalue weighted by Crippen LogP contribution is -2.27. The molecule has 4 nitrogen and oxygen atoms in total. The second-order valence-corrected chi connectivity index (χ2v) is 7.96. The summed E-state index contributed by atoms with van der Waals surface area (Å²) < 4.78 is 12.9. The fourth-order valence-corrected chi connectivity index (χ4v) is 3.85. The molecule has 0 unspecified atom stereocenters. The van der Waals surface area contributed by atoms with Crippen molar-refractivity contribution in [3.63, 3.8) is 0 Å². The summed E-state index contributed by atoms with van der Waals surface area (Å²) in [5.41, 5.74) is 3.60. The molecule has 0 atom stereocenters. The lowest BCUT2D eigenvalue weighted by atomic mass is 10.1. The van der Waals surface area contributed by atoms with Crippen LogP contribution in [-0.4, -0.2) is 37.7 Å². The van der Waals surface area contributed by atoms with E-state index in [1.165, 1.54) is 16.7 Å². The van der Waals surface area contributed by atoms with E-state index in [-0.39, 0.29) is 0 Å². The molecule has 5 heteroatoms. The van der Waals surface area contributed by atoms with Gasteiger partial charge in [-0.2, -0.15) is 0 Å². The Kier molecular flexibility index (Phi) is 10.5. The van der Waals surface area contributed by atoms with Crippen molar-refractivity contribution in [2.24, 2.45) is 0 Å². The molecule has 0 radical (unpaired) electrons. The molecule has 160 valence electrons. The van der Waals surface area contributed by atoms with Gasteiger partial charge in [-0.3, -0.25) is 0 Å². The molecule has 0 aromatic heterocycles. The molecular formula is C24H35BrN2O2. The summed E-state index contributed by atoms with van der Waals surface area (Å²) in [5.74, 6) is 1.55. The van der Waals surface area contributed by atoms with E-state index in [2.05, 4.69) is 71.2 Å². The monoisotopic (exact) mass is 462 g/mol. The summed E-state index contributed by atoms with van der Waals surface area (Å²) in [7, 11) is 0. The molecule has 2 rings (SSSR count). The second-order valence-electron chi connectivity index (χ2n) is 7.11. The summed E-state index contributed by atoms with van der Waals surface area (Å²) >= 11 is 3.68. The Morgan fingerprint density at radius 1 is 1.03 bits per heavy atom. The van der Waals surface area contributed by atoms with E-state index in [0.29, 0.717) is 13.2 Å². The molecule has 1 N–H and O–H groups in total. The van der Waals surface area contributed by atoms with Gasteiger partial charge in [0.1, 0.15) is 6.61 Å². The van der Waals surface area contributed by atoms with Crippen LogP contribution in [0, 0.1) is 6.92 Å². The van der Waals surface area contributed by atoms with Crippen LogP contribution in [0.4, 0.5) is 0 Å². The molecule has 0 saturated heterocycles. The number of benzene rings is 2. The molecule has 0 bridgehead atoms. The minimum atomic E-state index is 0.522. The molecule has 0 saturated carbocycles. The fourth-order valence-electron chi connectivity index (χ4n) is 3.25. The van der Waals surface area contributed by atoms with Crippen LogP contribution in [0.3, 0.4) is 0 Å². The zero-order chi connectivity index (χ0) is 21.1. The number of nitrogens with zero attached hydrogens (tertiary/aromatic N) is 1. The van der Waals surface area contributed by atoms with Gasteiger partial charge in [0, 0.05) is 6.54 Å². The van der Waals surface area contributed by atoms with Crippen LogP contribution in [-0.2, 0) is 13.2 Å². The highest BCUT2D eigenvalue weighted by atomic mass is 79.9. The van der Waals surface area contributed by atoms with Gasteiger partial charge >= 0.3 is 0 Å². The summed E-state index contributed by atoms with van der Waals surface area (Å²) in [6.07, 6.45) is 1.15. The van der Waals surface area contributed by atoms with Crippen molar-refractivity contribution in [2.75, 3.05) is 32.8 Å². The third-order valence-corrected chi connectivity index (χ3v) is 5.64. The van der Waals surface area contributed by atoms with Crippen molar-refractivity contribution >= 4 is 15.9 Å². The molecule has 0 heterocycles. The third-order valence-electron chi connectivity index (χ3n) is 5.05. The quantitative estimate of drug-likeness (QED) is 0.395. The van der Waals surface area contributed by atoms with Gasteiger partial charge in [-0.25, -0.2) is 0 Å². The van der Waals surface area contributed by atoms with Gasteiger partial charge in [0.15, 0.2) is 11.5 Å². The lowest BCUT2D eigenvalue weighted by Gasteiger charge is -2.18. The minimum absolute atomic E-state index is 0.522. The third kappa shape index (κ3) is 7.65. The van der Waals surface area contributed by atoms with Crippen LogP contribution in [0.15, 0.2) is 40.9 Å². The first kappa shape index (κ1) is 23.7. The number of aryl methyl sites for hydroxylation is 1. The van der Waals surface area contributed by atoms with Crippen molar-refractivity contribution in [1.29, 1.82) is 0 Å². The van der Waals surface area contributed by atoms with Crippen molar-refractivity contribution in [3.8, 4) is 11.5 Å². The molecule has 29 heavy (non-hydrogen) atoms. The fraction of sp³-hybridized carbons (Fsp3) is 0.500. The van der Waals surface area contributed by atoms with Gasteiger partial charge in [0.2, 0.25) is 0 Å². The molecule has 0 fully saturated rings. The Labute approximate surface area is 184 Å². The van der Waals surface area contributed by atoms with Crippen LogP contribution in [0.1, 0.15) is 43.9 Å². The predicted octanol–water partition coefficient (Wildman–Crippen LogP) is 5.56. The van der Waals surface area contributed by atoms with E-state index in [0.717, 1.165) is 55.1 Å². The van der Waals surface area contributed by atoms with Crippen LogP contribution >= 0.6 is 15.9 Å². The number of rotatable bonds is 13. The first-order chi connectivity index (χ1) is 14.1. The Morgan fingerprint density at radius 3 is 2.48 bits per heavy atom. The molecule has 0 spiro atoms. The Hall–Kier alpha value is -1.56. The number of halogens is 1.